The van der Waals surface area contributed by atoms with Crippen molar-refractivity contribution in [2.75, 3.05) is 13.2 Å². The smallest absolute Gasteiger partial charge is 0.240 e. The molecule has 0 unspecified atom stereocenters. The second-order valence-corrected chi connectivity index (χ2v) is 6.70. The number of halogens is 1. The number of nitrogens with zero attached hydrogens (tertiary/aromatic N) is 1. The minimum absolute atomic E-state index is 0.00436. The van der Waals surface area contributed by atoms with Gasteiger partial charge in [-0.3, -0.25) is 0 Å². The number of aromatic nitrogens is 1. The highest BCUT2D eigenvalue weighted by Crippen LogP contribution is 2.21. The van der Waals surface area contributed by atoms with Crippen LogP contribution in [0.25, 0.3) is 0 Å². The summed E-state index contributed by atoms with van der Waals surface area (Å²) < 4.78 is 47.1. The van der Waals surface area contributed by atoms with E-state index in [9.17, 15) is 17.9 Å². The lowest BCUT2D eigenvalue weighted by molar-refractivity contribution is 0.173. The van der Waals surface area contributed by atoms with E-state index in [2.05, 4.69) is 4.72 Å². The Morgan fingerprint density at radius 2 is 2.13 bits per heavy atom. The lowest BCUT2D eigenvalue weighted by Crippen LogP contribution is -2.29. The van der Waals surface area contributed by atoms with Crippen LogP contribution in [0.4, 0.5) is 4.39 Å². The largest absolute Gasteiger partial charge is 0.491 e. The number of ether oxygens (including phenoxy) is 1. The van der Waals surface area contributed by atoms with Gasteiger partial charge in [-0.25, -0.2) is 17.5 Å². The normalized spacial score (nSPS) is 13.0. The van der Waals surface area contributed by atoms with Crippen LogP contribution in [0.15, 0.2) is 41.4 Å². The molecule has 1 heterocycles. The highest BCUT2D eigenvalue weighted by molar-refractivity contribution is 7.89. The second-order valence-electron chi connectivity index (χ2n) is 4.94. The number of aryl methyl sites for hydroxylation is 1. The van der Waals surface area contributed by atoms with Gasteiger partial charge in [0.25, 0.3) is 0 Å². The van der Waals surface area contributed by atoms with Crippen LogP contribution in [-0.2, 0) is 17.1 Å². The summed E-state index contributed by atoms with van der Waals surface area (Å²) >= 11 is 0. The van der Waals surface area contributed by atoms with Gasteiger partial charge in [0.15, 0.2) is 11.6 Å². The summed E-state index contributed by atoms with van der Waals surface area (Å²) in [4.78, 5) is -0.225. The molecule has 0 aliphatic rings. The van der Waals surface area contributed by atoms with E-state index >= 15 is 0 Å². The van der Waals surface area contributed by atoms with Gasteiger partial charge in [-0.05, 0) is 37.3 Å². The molecule has 1 aromatic heterocycles. The molecule has 1 atom stereocenters. The summed E-state index contributed by atoms with van der Waals surface area (Å²) in [5.41, 5.74) is 0.575. The van der Waals surface area contributed by atoms with Crippen LogP contribution in [0.5, 0.6) is 5.75 Å². The third kappa shape index (κ3) is 4.10. The third-order valence-corrected chi connectivity index (χ3v) is 4.73. The van der Waals surface area contributed by atoms with Gasteiger partial charge < -0.3 is 14.4 Å². The molecule has 0 bridgehead atoms. The van der Waals surface area contributed by atoms with Gasteiger partial charge in [0.1, 0.15) is 6.10 Å². The first kappa shape index (κ1) is 17.5. The summed E-state index contributed by atoms with van der Waals surface area (Å²) in [7, 11) is -2.18. The standard InChI is InChI=1S/C15H19FN2O4S/c1-3-22-15-7-6-11(9-12(15)16)23(20,21)17-10-14(19)13-5-4-8-18(13)2/h4-9,14,17,19H,3,10H2,1-2H3/t14-/m1/s1. The average molecular weight is 342 g/mol. The molecular weight excluding hydrogens is 323 g/mol. The Labute approximate surface area is 134 Å². The van der Waals surface area contributed by atoms with E-state index in [0.717, 1.165) is 6.07 Å². The molecule has 0 aliphatic heterocycles. The molecule has 8 heteroatoms. The number of hydrogen-bond donors (Lipinski definition) is 2. The predicted molar refractivity (Wildman–Crippen MR) is 83.1 cm³/mol. The zero-order chi connectivity index (χ0) is 17.0. The monoisotopic (exact) mass is 342 g/mol. The highest BCUT2D eigenvalue weighted by atomic mass is 32.2. The van der Waals surface area contributed by atoms with Crippen LogP contribution in [0.2, 0.25) is 0 Å². The van der Waals surface area contributed by atoms with Crippen molar-refractivity contribution >= 4 is 10.0 Å². The Morgan fingerprint density at radius 3 is 2.70 bits per heavy atom. The molecule has 0 saturated carbocycles. The van der Waals surface area contributed by atoms with Gasteiger partial charge in [0, 0.05) is 25.5 Å². The molecule has 0 saturated heterocycles. The van der Waals surface area contributed by atoms with Crippen LogP contribution < -0.4 is 9.46 Å². The maximum Gasteiger partial charge on any atom is 0.240 e. The molecule has 0 aliphatic carbocycles. The average Bonchev–Trinajstić information content (AvgIpc) is 2.93. The van der Waals surface area contributed by atoms with Gasteiger partial charge in [-0.1, -0.05) is 0 Å². The zero-order valence-electron chi connectivity index (χ0n) is 12.9. The number of benzene rings is 1. The second kappa shape index (κ2) is 7.12. The lowest BCUT2D eigenvalue weighted by Gasteiger charge is -2.14. The molecule has 6 nitrogen and oxygen atoms in total. The minimum atomic E-state index is -3.93. The molecule has 23 heavy (non-hydrogen) atoms. The summed E-state index contributed by atoms with van der Waals surface area (Å²) in [6, 6.07) is 6.85. The van der Waals surface area contributed by atoms with Crippen molar-refractivity contribution in [1.29, 1.82) is 0 Å². The Kier molecular flexibility index (Phi) is 5.40. The first-order valence-electron chi connectivity index (χ1n) is 7.06. The number of sulfonamides is 1. The van der Waals surface area contributed by atoms with Crippen LogP contribution >= 0.6 is 0 Å². The van der Waals surface area contributed by atoms with Gasteiger partial charge in [0.2, 0.25) is 10.0 Å². The maximum absolute atomic E-state index is 13.8. The van der Waals surface area contributed by atoms with Crippen molar-refractivity contribution in [1.82, 2.24) is 9.29 Å². The number of nitrogens with one attached hydrogen (secondary N) is 1. The topological polar surface area (TPSA) is 80.6 Å². The van der Waals surface area contributed by atoms with Crippen LogP contribution in [-0.4, -0.2) is 31.2 Å². The maximum atomic E-state index is 13.8. The Balaban J connectivity index is 2.10. The predicted octanol–water partition coefficient (Wildman–Crippen LogP) is 1.57. The van der Waals surface area contributed by atoms with Crippen LogP contribution in [0.1, 0.15) is 18.7 Å². The first-order valence-corrected chi connectivity index (χ1v) is 8.54. The number of aliphatic hydroxyl groups excluding tert-OH is 1. The van der Waals surface area contributed by atoms with Crippen molar-refractivity contribution in [2.45, 2.75) is 17.9 Å². The van der Waals surface area contributed by atoms with Crippen molar-refractivity contribution in [2.24, 2.45) is 7.05 Å². The fraction of sp³-hybridized carbons (Fsp3) is 0.333. The SMILES string of the molecule is CCOc1ccc(S(=O)(=O)NC[C@@H](O)c2cccn2C)cc1F. The van der Waals surface area contributed by atoms with Gasteiger partial charge in [0.05, 0.1) is 11.5 Å². The molecule has 0 fully saturated rings. The van der Waals surface area contributed by atoms with Gasteiger partial charge in [-0.2, -0.15) is 0 Å². The Bertz CT molecular complexity index is 774. The molecule has 1 aromatic carbocycles. The number of rotatable bonds is 7. The van der Waals surface area contributed by atoms with Gasteiger partial charge in [-0.15, -0.1) is 0 Å². The summed E-state index contributed by atoms with van der Waals surface area (Å²) in [5.74, 6) is -0.756. The molecule has 2 N–H and O–H groups in total. The quantitative estimate of drug-likeness (QED) is 0.800. The first-order chi connectivity index (χ1) is 10.8. The molecule has 0 spiro atoms. The van der Waals surface area contributed by atoms with E-state index in [-0.39, 0.29) is 23.8 Å². The zero-order valence-corrected chi connectivity index (χ0v) is 13.7. The molecule has 2 aromatic rings. The number of hydrogen-bond acceptors (Lipinski definition) is 4. The van der Waals surface area contributed by atoms with E-state index in [4.69, 9.17) is 4.74 Å². The molecule has 0 radical (unpaired) electrons. The van der Waals surface area contributed by atoms with E-state index in [0.29, 0.717) is 5.69 Å². The minimum Gasteiger partial charge on any atom is -0.491 e. The van der Waals surface area contributed by atoms with E-state index in [1.807, 2.05) is 0 Å². The molecule has 126 valence electrons. The molecule has 0 amide bonds. The van der Waals surface area contributed by atoms with Crippen molar-refractivity contribution in [3.05, 3.63) is 48.0 Å². The fourth-order valence-corrected chi connectivity index (χ4v) is 3.17. The van der Waals surface area contributed by atoms with E-state index in [1.165, 1.54) is 12.1 Å². The lowest BCUT2D eigenvalue weighted by atomic mass is 10.2. The van der Waals surface area contributed by atoms with Crippen molar-refractivity contribution in [3.63, 3.8) is 0 Å². The van der Waals surface area contributed by atoms with Gasteiger partial charge >= 0.3 is 0 Å². The number of aliphatic hydroxyl groups is 1. The van der Waals surface area contributed by atoms with Crippen LogP contribution in [0.3, 0.4) is 0 Å². The Hall–Kier alpha value is -1.90. The summed E-state index contributed by atoms with van der Waals surface area (Å²) in [6.45, 7) is 1.77. The van der Waals surface area contributed by atoms with E-state index < -0.39 is 21.9 Å². The summed E-state index contributed by atoms with van der Waals surface area (Å²) in [6.07, 6.45) is 0.742. The molecular formula is C15H19FN2O4S. The van der Waals surface area contributed by atoms with E-state index in [1.54, 1.807) is 36.9 Å². The fourth-order valence-electron chi connectivity index (χ4n) is 2.12. The Morgan fingerprint density at radius 1 is 1.39 bits per heavy atom. The van der Waals surface area contributed by atoms with Crippen molar-refractivity contribution < 1.29 is 22.7 Å². The third-order valence-electron chi connectivity index (χ3n) is 3.31. The summed E-state index contributed by atoms with van der Waals surface area (Å²) in [5, 5.41) is 10.0. The van der Waals surface area contributed by atoms with Crippen molar-refractivity contribution in [3.8, 4) is 5.75 Å². The highest BCUT2D eigenvalue weighted by Gasteiger charge is 2.19. The van der Waals surface area contributed by atoms with Crippen LogP contribution in [0, 0.1) is 5.82 Å². The molecule has 2 rings (SSSR count).